The third-order valence-corrected chi connectivity index (χ3v) is 3.52. The molecule has 5 heteroatoms. The Morgan fingerprint density at radius 2 is 2.11 bits per heavy atom. The van der Waals surface area contributed by atoms with Gasteiger partial charge in [0.05, 0.1) is 0 Å². The van der Waals surface area contributed by atoms with E-state index in [1.54, 1.807) is 12.1 Å². The zero-order chi connectivity index (χ0) is 13.0. The van der Waals surface area contributed by atoms with Crippen LogP contribution in [0, 0.1) is 0 Å². The number of nitrogens with one attached hydrogen (secondary N) is 1. The number of nitrogens with zero attached hydrogens (tertiary/aromatic N) is 1. The maximum Gasteiger partial charge on any atom is 0.325 e. The number of rotatable bonds is 3. The molecule has 0 spiro atoms. The molecule has 98 valence electrons. The molecule has 1 aromatic carbocycles. The Labute approximate surface area is 112 Å². The van der Waals surface area contributed by atoms with Gasteiger partial charge in [-0.05, 0) is 24.6 Å². The van der Waals surface area contributed by atoms with Gasteiger partial charge in [0, 0.05) is 24.7 Å². The number of benzene rings is 1. The molecule has 0 saturated carbocycles. The summed E-state index contributed by atoms with van der Waals surface area (Å²) >= 11 is 6.12. The molecule has 1 atom stereocenters. The van der Waals surface area contributed by atoms with E-state index in [4.69, 9.17) is 11.6 Å². The second kappa shape index (κ2) is 6.18. The van der Waals surface area contributed by atoms with E-state index in [2.05, 4.69) is 5.32 Å². The average Bonchev–Trinajstić information content (AvgIpc) is 2.60. The Morgan fingerprint density at radius 1 is 1.33 bits per heavy atom. The van der Waals surface area contributed by atoms with Crippen LogP contribution in [0.2, 0.25) is 5.02 Å². The normalized spacial score (nSPS) is 19.2. The van der Waals surface area contributed by atoms with E-state index in [0.717, 1.165) is 32.6 Å². The van der Waals surface area contributed by atoms with Crippen molar-refractivity contribution >= 4 is 17.6 Å². The van der Waals surface area contributed by atoms with Crippen molar-refractivity contribution in [3.8, 4) is 0 Å². The summed E-state index contributed by atoms with van der Waals surface area (Å²) in [5, 5.41) is 13.3. The smallest absolute Gasteiger partial charge is 0.325 e. The highest BCUT2D eigenvalue weighted by atomic mass is 35.5. The van der Waals surface area contributed by atoms with Gasteiger partial charge in [-0.3, -0.25) is 9.69 Å². The number of hydrogen-bond acceptors (Lipinski definition) is 3. The second-order valence-corrected chi connectivity index (χ2v) is 4.81. The summed E-state index contributed by atoms with van der Waals surface area (Å²) in [4.78, 5) is 13.5. The Balaban J connectivity index is 2.27. The molecule has 0 radical (unpaired) electrons. The van der Waals surface area contributed by atoms with Gasteiger partial charge in [-0.2, -0.15) is 0 Å². The van der Waals surface area contributed by atoms with Crippen LogP contribution in [-0.4, -0.2) is 42.2 Å². The monoisotopic (exact) mass is 268 g/mol. The van der Waals surface area contributed by atoms with Crippen molar-refractivity contribution in [3.63, 3.8) is 0 Å². The van der Waals surface area contributed by atoms with E-state index in [-0.39, 0.29) is 0 Å². The fraction of sp³-hybridized carbons (Fsp3) is 0.462. The molecule has 18 heavy (non-hydrogen) atoms. The van der Waals surface area contributed by atoms with Crippen molar-refractivity contribution in [2.24, 2.45) is 0 Å². The van der Waals surface area contributed by atoms with E-state index >= 15 is 0 Å². The molecule has 1 heterocycles. The number of carboxylic acids is 1. The van der Waals surface area contributed by atoms with E-state index < -0.39 is 12.0 Å². The predicted molar refractivity (Wildman–Crippen MR) is 70.9 cm³/mol. The Morgan fingerprint density at radius 3 is 2.83 bits per heavy atom. The average molecular weight is 269 g/mol. The van der Waals surface area contributed by atoms with Gasteiger partial charge in [0.25, 0.3) is 0 Å². The van der Waals surface area contributed by atoms with Crippen LogP contribution in [0.4, 0.5) is 0 Å². The minimum atomic E-state index is -0.843. The maximum atomic E-state index is 11.5. The fourth-order valence-corrected chi connectivity index (χ4v) is 2.55. The minimum Gasteiger partial charge on any atom is -0.480 e. The maximum absolute atomic E-state index is 11.5. The number of halogens is 1. The lowest BCUT2D eigenvalue weighted by molar-refractivity contribution is -0.143. The van der Waals surface area contributed by atoms with E-state index in [0.29, 0.717) is 10.6 Å². The zero-order valence-corrected chi connectivity index (χ0v) is 10.9. The number of hydrogen-bond donors (Lipinski definition) is 2. The molecule has 1 unspecified atom stereocenters. The first-order chi connectivity index (χ1) is 8.70. The van der Waals surface area contributed by atoms with Crippen LogP contribution in [0.1, 0.15) is 18.0 Å². The van der Waals surface area contributed by atoms with Crippen molar-refractivity contribution in [3.05, 3.63) is 34.9 Å². The van der Waals surface area contributed by atoms with Gasteiger partial charge in [-0.25, -0.2) is 0 Å². The highest BCUT2D eigenvalue weighted by Crippen LogP contribution is 2.28. The molecule has 4 nitrogen and oxygen atoms in total. The summed E-state index contributed by atoms with van der Waals surface area (Å²) in [7, 11) is 0. The fourth-order valence-electron chi connectivity index (χ4n) is 2.31. The second-order valence-electron chi connectivity index (χ2n) is 4.40. The molecule has 1 fully saturated rings. The quantitative estimate of drug-likeness (QED) is 0.877. The molecule has 1 saturated heterocycles. The van der Waals surface area contributed by atoms with Gasteiger partial charge in [0.1, 0.15) is 6.04 Å². The highest BCUT2D eigenvalue weighted by Gasteiger charge is 2.29. The molecule has 2 N–H and O–H groups in total. The van der Waals surface area contributed by atoms with Gasteiger partial charge in [-0.1, -0.05) is 29.8 Å². The molecule has 0 aromatic heterocycles. The number of carboxylic acid groups (broad SMARTS) is 1. The molecule has 1 aliphatic rings. The lowest BCUT2D eigenvalue weighted by atomic mass is 10.0. The van der Waals surface area contributed by atoms with Crippen molar-refractivity contribution < 1.29 is 9.90 Å². The third kappa shape index (κ3) is 3.02. The van der Waals surface area contributed by atoms with E-state index in [9.17, 15) is 9.90 Å². The SMILES string of the molecule is O=C(O)C(c1ccccc1Cl)N1CCCNCC1. The summed E-state index contributed by atoms with van der Waals surface area (Å²) < 4.78 is 0. The summed E-state index contributed by atoms with van der Waals surface area (Å²) in [5.74, 6) is -0.843. The van der Waals surface area contributed by atoms with Crippen LogP contribution in [0.3, 0.4) is 0 Å². The summed E-state index contributed by atoms with van der Waals surface area (Å²) in [6.45, 7) is 3.25. The van der Waals surface area contributed by atoms with Crippen LogP contribution in [-0.2, 0) is 4.79 Å². The standard InChI is InChI=1S/C13H17ClN2O2/c14-11-5-2-1-4-10(11)12(13(17)18)16-8-3-6-15-7-9-16/h1-2,4-5,12,15H,3,6-9H2,(H,17,18). The van der Waals surface area contributed by atoms with Crippen molar-refractivity contribution in [1.29, 1.82) is 0 Å². The van der Waals surface area contributed by atoms with Crippen LogP contribution in [0.5, 0.6) is 0 Å². The van der Waals surface area contributed by atoms with E-state index in [1.807, 2.05) is 17.0 Å². The lowest BCUT2D eigenvalue weighted by Crippen LogP contribution is -2.36. The van der Waals surface area contributed by atoms with Crippen molar-refractivity contribution in [1.82, 2.24) is 10.2 Å². The zero-order valence-electron chi connectivity index (χ0n) is 10.1. The first kappa shape index (κ1) is 13.3. The van der Waals surface area contributed by atoms with Crippen LogP contribution in [0.25, 0.3) is 0 Å². The van der Waals surface area contributed by atoms with Gasteiger partial charge in [0.15, 0.2) is 0 Å². The Kier molecular flexibility index (Phi) is 4.58. The molecule has 1 aromatic rings. The van der Waals surface area contributed by atoms with E-state index in [1.165, 1.54) is 0 Å². The number of aliphatic carboxylic acids is 1. The van der Waals surface area contributed by atoms with Crippen LogP contribution in [0.15, 0.2) is 24.3 Å². The van der Waals surface area contributed by atoms with Gasteiger partial charge in [0.2, 0.25) is 0 Å². The van der Waals surface area contributed by atoms with Gasteiger partial charge < -0.3 is 10.4 Å². The minimum absolute atomic E-state index is 0.516. The van der Waals surface area contributed by atoms with Gasteiger partial charge >= 0.3 is 5.97 Å². The molecule has 0 bridgehead atoms. The van der Waals surface area contributed by atoms with Crippen molar-refractivity contribution in [2.75, 3.05) is 26.2 Å². The van der Waals surface area contributed by atoms with Crippen LogP contribution < -0.4 is 5.32 Å². The Bertz CT molecular complexity index is 417. The summed E-state index contributed by atoms with van der Waals surface area (Å²) in [5.41, 5.74) is 0.675. The Hall–Kier alpha value is -1.10. The number of carbonyl (C=O) groups is 1. The first-order valence-electron chi connectivity index (χ1n) is 6.12. The van der Waals surface area contributed by atoms with Crippen LogP contribution >= 0.6 is 11.6 Å². The third-order valence-electron chi connectivity index (χ3n) is 3.17. The highest BCUT2D eigenvalue weighted by molar-refractivity contribution is 6.31. The molecule has 1 aliphatic heterocycles. The lowest BCUT2D eigenvalue weighted by Gasteiger charge is -2.27. The molecular formula is C13H17ClN2O2. The molecule has 0 amide bonds. The molecule has 2 rings (SSSR count). The molecular weight excluding hydrogens is 252 g/mol. The topological polar surface area (TPSA) is 52.6 Å². The van der Waals surface area contributed by atoms with Crippen molar-refractivity contribution in [2.45, 2.75) is 12.5 Å². The summed E-state index contributed by atoms with van der Waals surface area (Å²) in [6.07, 6.45) is 0.953. The predicted octanol–water partition coefficient (Wildman–Crippen LogP) is 1.76. The first-order valence-corrected chi connectivity index (χ1v) is 6.50. The molecule has 0 aliphatic carbocycles. The largest absolute Gasteiger partial charge is 0.480 e. The summed E-state index contributed by atoms with van der Waals surface area (Å²) in [6, 6.07) is 6.52. The van der Waals surface area contributed by atoms with Gasteiger partial charge in [-0.15, -0.1) is 0 Å².